The molecule has 1 N–H and O–H groups in total. The molecule has 0 saturated heterocycles. The van der Waals surface area contributed by atoms with Crippen LogP contribution >= 0.6 is 7.82 Å². The lowest BCUT2D eigenvalue weighted by atomic mass is 10.0. The number of carbonyl (C=O) groups excluding carboxylic acids is 2. The van der Waals surface area contributed by atoms with E-state index in [1.54, 1.807) is 0 Å². The number of unbranched alkanes of at least 4 members (excludes halogenated alkanes) is 53. The van der Waals surface area contributed by atoms with Crippen LogP contribution in [0.3, 0.4) is 0 Å². The maximum absolute atomic E-state index is 12.9. The van der Waals surface area contributed by atoms with E-state index in [-0.39, 0.29) is 25.6 Å². The zero-order chi connectivity index (χ0) is 66.2. The minimum absolute atomic E-state index is 0.0347. The molecule has 0 aromatic rings. The number of hydrogen-bond donors (Lipinski definition) is 1. The number of ether oxygens (including phenoxy) is 2. The fourth-order valence-electron chi connectivity index (χ4n) is 12.1. The Balaban J connectivity index is 3.91. The number of nitrogens with zero attached hydrogens (tertiary/aromatic N) is 1. The van der Waals surface area contributed by atoms with Crippen LogP contribution < -0.4 is 0 Å². The van der Waals surface area contributed by atoms with E-state index in [1.807, 2.05) is 21.1 Å². The Bertz CT molecular complexity index is 1670. The van der Waals surface area contributed by atoms with Crippen molar-refractivity contribution in [1.82, 2.24) is 0 Å². The Labute approximate surface area is 566 Å². The highest BCUT2D eigenvalue weighted by molar-refractivity contribution is 7.47. The van der Waals surface area contributed by atoms with Crippen molar-refractivity contribution in [2.45, 2.75) is 412 Å². The van der Waals surface area contributed by atoms with E-state index in [9.17, 15) is 19.0 Å². The summed E-state index contributed by atoms with van der Waals surface area (Å²) in [6.07, 6.45) is 95.5. The monoisotopic (exact) mass is 1300 g/mol. The summed E-state index contributed by atoms with van der Waals surface area (Å²) in [5.74, 6) is -0.772. The van der Waals surface area contributed by atoms with Gasteiger partial charge in [-0.3, -0.25) is 18.6 Å². The van der Waals surface area contributed by atoms with Gasteiger partial charge in [0.15, 0.2) is 6.10 Å². The number of hydrogen-bond acceptors (Lipinski definition) is 7. The van der Waals surface area contributed by atoms with Crippen LogP contribution in [0.2, 0.25) is 0 Å². The Kier molecular flexibility index (Phi) is 70.6. The van der Waals surface area contributed by atoms with Crippen LogP contribution in [0.15, 0.2) is 48.6 Å². The van der Waals surface area contributed by atoms with Crippen molar-refractivity contribution >= 4 is 19.8 Å². The zero-order valence-electron chi connectivity index (χ0n) is 61.4. The molecule has 91 heavy (non-hydrogen) atoms. The Hall–Kier alpha value is -2.03. The molecule has 10 heteroatoms. The molecular weight excluding hydrogens is 1150 g/mol. The lowest BCUT2D eigenvalue weighted by Gasteiger charge is -2.24. The van der Waals surface area contributed by atoms with Gasteiger partial charge in [-0.05, 0) is 51.4 Å². The normalized spacial score (nSPS) is 13.3. The molecule has 0 aromatic heterocycles. The second kappa shape index (κ2) is 72.2. The van der Waals surface area contributed by atoms with Gasteiger partial charge in [0.05, 0.1) is 27.7 Å². The van der Waals surface area contributed by atoms with E-state index in [4.69, 9.17) is 18.5 Å². The van der Waals surface area contributed by atoms with Gasteiger partial charge in [0.2, 0.25) is 0 Å². The molecule has 0 bridgehead atoms. The average molecular weight is 1300 g/mol. The Morgan fingerprint density at radius 1 is 0.352 bits per heavy atom. The first-order chi connectivity index (χ1) is 44.5. The number of quaternary nitrogens is 1. The summed E-state index contributed by atoms with van der Waals surface area (Å²) in [5, 5.41) is 0. The van der Waals surface area contributed by atoms with Crippen LogP contribution in [-0.2, 0) is 32.7 Å². The summed E-state index contributed by atoms with van der Waals surface area (Å²) in [7, 11) is 1.50. The van der Waals surface area contributed by atoms with Crippen molar-refractivity contribution in [1.29, 1.82) is 0 Å². The summed E-state index contributed by atoms with van der Waals surface area (Å²) >= 11 is 0. The maximum atomic E-state index is 12.9. The van der Waals surface area contributed by atoms with Gasteiger partial charge in [0.25, 0.3) is 0 Å². The molecule has 0 spiro atoms. The van der Waals surface area contributed by atoms with Gasteiger partial charge in [0, 0.05) is 12.8 Å². The highest BCUT2D eigenvalue weighted by Crippen LogP contribution is 2.43. The predicted octanol–water partition coefficient (Wildman–Crippen LogP) is 26.3. The molecule has 0 radical (unpaired) electrons. The van der Waals surface area contributed by atoms with Crippen LogP contribution in [0.1, 0.15) is 406 Å². The van der Waals surface area contributed by atoms with Crippen LogP contribution in [-0.4, -0.2) is 74.9 Å². The molecule has 0 aliphatic rings. The second-order valence-electron chi connectivity index (χ2n) is 28.4. The molecule has 2 unspecified atom stereocenters. The van der Waals surface area contributed by atoms with Gasteiger partial charge in [-0.2, -0.15) is 0 Å². The smallest absolute Gasteiger partial charge is 0.462 e. The van der Waals surface area contributed by atoms with Crippen molar-refractivity contribution in [3.05, 3.63) is 48.6 Å². The quantitative estimate of drug-likeness (QED) is 0.0211. The first-order valence-corrected chi connectivity index (χ1v) is 41.4. The Morgan fingerprint density at radius 2 is 0.626 bits per heavy atom. The number of likely N-dealkylation sites (N-methyl/N-ethyl adjacent to an activating group) is 1. The molecule has 0 aliphatic carbocycles. The molecule has 0 aromatic carbocycles. The maximum Gasteiger partial charge on any atom is 0.472 e. The van der Waals surface area contributed by atoms with E-state index in [2.05, 4.69) is 62.5 Å². The van der Waals surface area contributed by atoms with E-state index in [0.29, 0.717) is 23.9 Å². The fraction of sp³-hybridized carbons (Fsp3) is 0.877. The van der Waals surface area contributed by atoms with Crippen LogP contribution in [0.5, 0.6) is 0 Å². The fourth-order valence-corrected chi connectivity index (χ4v) is 12.8. The molecule has 2 atom stereocenters. The van der Waals surface area contributed by atoms with Crippen LogP contribution in [0, 0.1) is 0 Å². The molecule has 0 fully saturated rings. The summed E-state index contributed by atoms with van der Waals surface area (Å²) in [6, 6.07) is 0. The SMILES string of the molecule is CC/C=C\C/C=C\C/C=C\C/C=C\CCCCCCCCCCCCCCCCCCCCCCC(=O)OC(COC(=O)CCCCCCCCCCCCCCCCCCCCCCCCCCCCCCCCCCCC)COP(=O)(O)OCC[N+](C)(C)C. The van der Waals surface area contributed by atoms with Gasteiger partial charge in [-0.1, -0.05) is 390 Å². The topological polar surface area (TPSA) is 108 Å². The minimum Gasteiger partial charge on any atom is -0.462 e. The van der Waals surface area contributed by atoms with Crippen molar-refractivity contribution in [3.8, 4) is 0 Å². The van der Waals surface area contributed by atoms with E-state index >= 15 is 0 Å². The van der Waals surface area contributed by atoms with Gasteiger partial charge in [-0.15, -0.1) is 0 Å². The summed E-state index contributed by atoms with van der Waals surface area (Å²) in [4.78, 5) is 36.0. The van der Waals surface area contributed by atoms with Crippen molar-refractivity contribution < 1.29 is 42.1 Å². The molecule has 9 nitrogen and oxygen atoms in total. The molecular formula is C81H155NO8P+. The zero-order valence-corrected chi connectivity index (χ0v) is 62.3. The number of phosphoric ester groups is 1. The van der Waals surface area contributed by atoms with Crippen LogP contribution in [0.4, 0.5) is 0 Å². The third-order valence-electron chi connectivity index (χ3n) is 18.1. The standard InChI is InChI=1S/C81H154NO8P/c1-6-8-10-12-14-16-18-20-22-24-26-28-30-32-34-36-38-40-42-43-45-47-49-51-53-55-57-59-61-63-65-67-69-71-73-80(83)87-77-79(78-89-91(85,86)88-76-75-82(3,4)5)90-81(84)74-72-70-68-66-64-62-60-58-56-54-52-50-48-46-44-41-39-37-35-33-31-29-27-25-23-21-19-17-15-13-11-9-7-2/h9,11,15,17,21,23,27,29,79H,6-8,10,12-14,16,18-20,22,24-26,28,30-78H2,1-5H3/p+1/b11-9-,17-15-,23-21-,29-27-. The lowest BCUT2D eigenvalue weighted by molar-refractivity contribution is -0.870. The Morgan fingerprint density at radius 3 is 0.934 bits per heavy atom. The number of esters is 2. The lowest BCUT2D eigenvalue weighted by Crippen LogP contribution is -2.37. The molecule has 0 saturated carbocycles. The summed E-state index contributed by atoms with van der Waals surface area (Å²) in [6.45, 7) is 4.40. The van der Waals surface area contributed by atoms with Crippen molar-refractivity contribution in [2.24, 2.45) is 0 Å². The highest BCUT2D eigenvalue weighted by atomic mass is 31.2. The predicted molar refractivity (Wildman–Crippen MR) is 395 cm³/mol. The van der Waals surface area contributed by atoms with E-state index < -0.39 is 26.5 Å². The van der Waals surface area contributed by atoms with E-state index in [1.165, 1.54) is 315 Å². The molecule has 0 heterocycles. The van der Waals surface area contributed by atoms with Crippen molar-refractivity contribution in [2.75, 3.05) is 47.5 Å². The molecule has 536 valence electrons. The summed E-state index contributed by atoms with van der Waals surface area (Å²) in [5.41, 5.74) is 0. The minimum atomic E-state index is -4.39. The van der Waals surface area contributed by atoms with Gasteiger partial charge < -0.3 is 18.9 Å². The van der Waals surface area contributed by atoms with E-state index in [0.717, 1.165) is 57.8 Å². The number of allylic oxidation sites excluding steroid dienone is 8. The van der Waals surface area contributed by atoms with Crippen LogP contribution in [0.25, 0.3) is 0 Å². The number of rotatable bonds is 75. The highest BCUT2D eigenvalue weighted by Gasteiger charge is 2.27. The summed E-state index contributed by atoms with van der Waals surface area (Å²) < 4.78 is 34.8. The van der Waals surface area contributed by atoms with Gasteiger partial charge >= 0.3 is 19.8 Å². The second-order valence-corrected chi connectivity index (χ2v) is 29.9. The first-order valence-electron chi connectivity index (χ1n) is 39.9. The third-order valence-corrected chi connectivity index (χ3v) is 19.1. The van der Waals surface area contributed by atoms with Gasteiger partial charge in [0.1, 0.15) is 19.8 Å². The molecule has 0 amide bonds. The third kappa shape index (κ3) is 76.9. The first kappa shape index (κ1) is 89.0. The largest absolute Gasteiger partial charge is 0.472 e. The van der Waals surface area contributed by atoms with Gasteiger partial charge in [-0.25, -0.2) is 4.57 Å². The average Bonchev–Trinajstić information content (AvgIpc) is 3.62. The number of carbonyl (C=O) groups is 2. The van der Waals surface area contributed by atoms with Crippen molar-refractivity contribution in [3.63, 3.8) is 0 Å². The number of phosphoric acid groups is 1. The molecule has 0 rings (SSSR count). The molecule has 0 aliphatic heterocycles.